The maximum Gasteiger partial charge on any atom is 0.246 e. The number of amides is 1. The summed E-state index contributed by atoms with van der Waals surface area (Å²) in [5.41, 5.74) is 2.25. The molecule has 0 spiro atoms. The van der Waals surface area contributed by atoms with Crippen molar-refractivity contribution in [3.8, 4) is 0 Å². The van der Waals surface area contributed by atoms with Crippen LogP contribution in [0.2, 0.25) is 0 Å². The number of nitrogens with zero attached hydrogens (tertiary/aromatic N) is 1. The predicted molar refractivity (Wildman–Crippen MR) is 86.6 cm³/mol. The van der Waals surface area contributed by atoms with E-state index in [1.165, 1.54) is 11.6 Å². The molecule has 0 unspecified atom stereocenters. The van der Waals surface area contributed by atoms with E-state index in [2.05, 4.69) is 11.4 Å². The van der Waals surface area contributed by atoms with E-state index in [1.54, 1.807) is 6.92 Å². The number of fused-ring (bicyclic) bond motifs is 1. The van der Waals surface area contributed by atoms with Gasteiger partial charge in [-0.3, -0.25) is 4.79 Å². The topological polar surface area (TPSA) is 32.3 Å². The van der Waals surface area contributed by atoms with Crippen molar-refractivity contribution in [2.75, 3.05) is 16.8 Å². The molecule has 3 nitrogen and oxygen atoms in total. The highest BCUT2D eigenvalue weighted by Crippen LogP contribution is 2.28. The molecule has 1 heterocycles. The fourth-order valence-electron chi connectivity index (χ4n) is 2.93. The molecule has 120 valence electrons. The summed E-state index contributed by atoms with van der Waals surface area (Å²) in [5.74, 6) is -1.75. The molecule has 0 aliphatic carbocycles. The second kappa shape index (κ2) is 6.36. The van der Waals surface area contributed by atoms with Crippen molar-refractivity contribution in [3.05, 3.63) is 59.7 Å². The number of halogens is 2. The average Bonchev–Trinajstić information content (AvgIpc) is 2.56. The fourth-order valence-corrected chi connectivity index (χ4v) is 2.93. The van der Waals surface area contributed by atoms with Crippen LogP contribution in [0.1, 0.15) is 18.9 Å². The summed E-state index contributed by atoms with van der Waals surface area (Å²) in [6.07, 6.45) is 1.97. The van der Waals surface area contributed by atoms with E-state index in [0.29, 0.717) is 0 Å². The Balaban J connectivity index is 1.78. The third-order valence-electron chi connectivity index (χ3n) is 4.18. The van der Waals surface area contributed by atoms with Gasteiger partial charge in [0.15, 0.2) is 0 Å². The Morgan fingerprint density at radius 3 is 2.78 bits per heavy atom. The first kappa shape index (κ1) is 15.5. The molecule has 2 aromatic carbocycles. The number of para-hydroxylation sites is 1. The number of carbonyl (C=O) groups excluding carboxylic acids is 1. The summed E-state index contributed by atoms with van der Waals surface area (Å²) in [6.45, 7) is 2.57. The highest BCUT2D eigenvalue weighted by molar-refractivity contribution is 5.96. The molecule has 1 amide bonds. The Morgan fingerprint density at radius 2 is 2.00 bits per heavy atom. The standard InChI is InChI=1S/C18H18F2N2O/c1-12(18(23)21-16-9-8-14(19)11-15(16)20)22-10-4-6-13-5-2-3-7-17(13)22/h2-3,5,7-9,11-12H,4,6,10H2,1H3,(H,21,23)/t12-/m1/s1. The first-order valence-corrected chi connectivity index (χ1v) is 7.67. The van der Waals surface area contributed by atoms with Gasteiger partial charge in [-0.2, -0.15) is 0 Å². The highest BCUT2D eigenvalue weighted by atomic mass is 19.1. The monoisotopic (exact) mass is 316 g/mol. The van der Waals surface area contributed by atoms with Crippen molar-refractivity contribution >= 4 is 17.3 Å². The molecule has 1 aliphatic heterocycles. The van der Waals surface area contributed by atoms with Gasteiger partial charge in [0.25, 0.3) is 0 Å². The Hall–Kier alpha value is -2.43. The number of aryl methyl sites for hydroxylation is 1. The van der Waals surface area contributed by atoms with Gasteiger partial charge >= 0.3 is 0 Å². The van der Waals surface area contributed by atoms with Gasteiger partial charge in [-0.05, 0) is 43.5 Å². The molecule has 3 rings (SSSR count). The molecule has 2 aromatic rings. The zero-order chi connectivity index (χ0) is 16.4. The van der Waals surface area contributed by atoms with E-state index in [4.69, 9.17) is 0 Å². The second-order valence-corrected chi connectivity index (χ2v) is 5.72. The molecule has 0 aromatic heterocycles. The van der Waals surface area contributed by atoms with Gasteiger partial charge in [0.1, 0.15) is 17.7 Å². The number of benzene rings is 2. The molecule has 5 heteroatoms. The van der Waals surface area contributed by atoms with Crippen LogP contribution < -0.4 is 10.2 Å². The lowest BCUT2D eigenvalue weighted by molar-refractivity contribution is -0.117. The lowest BCUT2D eigenvalue weighted by atomic mass is 10.00. The normalized spacial score (nSPS) is 15.0. The summed E-state index contributed by atoms with van der Waals surface area (Å²) in [4.78, 5) is 14.5. The van der Waals surface area contributed by atoms with Gasteiger partial charge in [-0.1, -0.05) is 18.2 Å². The van der Waals surface area contributed by atoms with Gasteiger partial charge in [0.2, 0.25) is 5.91 Å². The minimum absolute atomic E-state index is 0.00598. The molecule has 1 N–H and O–H groups in total. The van der Waals surface area contributed by atoms with Crippen LogP contribution in [-0.2, 0) is 11.2 Å². The molecule has 0 fully saturated rings. The van der Waals surface area contributed by atoms with Crippen LogP contribution in [0.4, 0.5) is 20.2 Å². The summed E-state index contributed by atoms with van der Waals surface area (Å²) in [6, 6.07) is 10.7. The largest absolute Gasteiger partial charge is 0.360 e. The van der Waals surface area contributed by atoms with E-state index in [9.17, 15) is 13.6 Å². The molecule has 0 radical (unpaired) electrons. The van der Waals surface area contributed by atoms with Gasteiger partial charge in [-0.15, -0.1) is 0 Å². The van der Waals surface area contributed by atoms with E-state index in [-0.39, 0.29) is 11.6 Å². The molecule has 0 bridgehead atoms. The molecule has 23 heavy (non-hydrogen) atoms. The summed E-state index contributed by atoms with van der Waals surface area (Å²) in [7, 11) is 0. The van der Waals surface area contributed by atoms with Crippen molar-refractivity contribution in [2.45, 2.75) is 25.8 Å². The molecule has 0 saturated carbocycles. The number of hydrogen-bond donors (Lipinski definition) is 1. The summed E-state index contributed by atoms with van der Waals surface area (Å²) >= 11 is 0. The van der Waals surface area contributed by atoms with Gasteiger partial charge in [-0.25, -0.2) is 8.78 Å². The average molecular weight is 316 g/mol. The second-order valence-electron chi connectivity index (χ2n) is 5.72. The molecule has 1 atom stereocenters. The van der Waals surface area contributed by atoms with Crippen molar-refractivity contribution in [1.29, 1.82) is 0 Å². The van der Waals surface area contributed by atoms with Crippen molar-refractivity contribution < 1.29 is 13.6 Å². The lowest BCUT2D eigenvalue weighted by Crippen LogP contribution is -2.44. The molecule has 0 saturated heterocycles. The first-order valence-electron chi connectivity index (χ1n) is 7.67. The predicted octanol–water partition coefficient (Wildman–Crippen LogP) is 3.74. The summed E-state index contributed by atoms with van der Waals surface area (Å²) in [5, 5.41) is 2.54. The number of hydrogen-bond acceptors (Lipinski definition) is 2. The van der Waals surface area contributed by atoms with Crippen LogP contribution in [0, 0.1) is 11.6 Å². The smallest absolute Gasteiger partial charge is 0.246 e. The van der Waals surface area contributed by atoms with Crippen LogP contribution in [0.5, 0.6) is 0 Å². The van der Waals surface area contributed by atoms with Crippen LogP contribution in [0.25, 0.3) is 0 Å². The Bertz CT molecular complexity index is 733. The van der Waals surface area contributed by atoms with Crippen LogP contribution in [-0.4, -0.2) is 18.5 Å². The zero-order valence-corrected chi connectivity index (χ0v) is 12.9. The van der Waals surface area contributed by atoms with Gasteiger partial charge in [0.05, 0.1) is 5.69 Å². The van der Waals surface area contributed by atoms with Gasteiger partial charge in [0, 0.05) is 18.3 Å². The van der Waals surface area contributed by atoms with Crippen molar-refractivity contribution in [3.63, 3.8) is 0 Å². The fraction of sp³-hybridized carbons (Fsp3) is 0.278. The highest BCUT2D eigenvalue weighted by Gasteiger charge is 2.26. The Kier molecular flexibility index (Phi) is 4.28. The van der Waals surface area contributed by atoms with Crippen LogP contribution in [0.3, 0.4) is 0 Å². The van der Waals surface area contributed by atoms with E-state index in [0.717, 1.165) is 37.2 Å². The minimum Gasteiger partial charge on any atom is -0.360 e. The van der Waals surface area contributed by atoms with Crippen LogP contribution >= 0.6 is 0 Å². The Labute approximate surface area is 133 Å². The number of carbonyl (C=O) groups is 1. The van der Waals surface area contributed by atoms with Crippen molar-refractivity contribution in [1.82, 2.24) is 0 Å². The van der Waals surface area contributed by atoms with E-state index < -0.39 is 17.7 Å². The first-order chi connectivity index (χ1) is 11.1. The maximum absolute atomic E-state index is 13.7. The molecular formula is C18H18F2N2O. The Morgan fingerprint density at radius 1 is 1.22 bits per heavy atom. The molecular weight excluding hydrogens is 298 g/mol. The third-order valence-corrected chi connectivity index (χ3v) is 4.18. The SMILES string of the molecule is C[C@H](C(=O)Nc1ccc(F)cc1F)N1CCCc2ccccc21. The van der Waals surface area contributed by atoms with Gasteiger partial charge < -0.3 is 10.2 Å². The van der Waals surface area contributed by atoms with E-state index in [1.807, 2.05) is 23.1 Å². The number of nitrogens with one attached hydrogen (secondary N) is 1. The maximum atomic E-state index is 13.7. The third kappa shape index (κ3) is 3.18. The summed E-state index contributed by atoms with van der Waals surface area (Å²) < 4.78 is 26.6. The van der Waals surface area contributed by atoms with E-state index >= 15 is 0 Å². The quantitative estimate of drug-likeness (QED) is 0.935. The van der Waals surface area contributed by atoms with Crippen molar-refractivity contribution in [2.24, 2.45) is 0 Å². The zero-order valence-electron chi connectivity index (χ0n) is 12.9. The lowest BCUT2D eigenvalue weighted by Gasteiger charge is -2.35. The number of anilines is 2. The molecule has 1 aliphatic rings. The number of rotatable bonds is 3. The van der Waals surface area contributed by atoms with Crippen LogP contribution in [0.15, 0.2) is 42.5 Å². The minimum atomic E-state index is -0.774.